The monoisotopic (exact) mass is 320 g/mol. The quantitative estimate of drug-likeness (QED) is 0.358. The van der Waals surface area contributed by atoms with E-state index in [1.807, 2.05) is 0 Å². The highest BCUT2D eigenvalue weighted by Gasteiger charge is 2.61. The van der Waals surface area contributed by atoms with E-state index in [-0.39, 0.29) is 16.4 Å². The number of nitro groups is 1. The summed E-state index contributed by atoms with van der Waals surface area (Å²) >= 11 is 6.04. The zero-order valence-corrected chi connectivity index (χ0v) is 11.8. The van der Waals surface area contributed by atoms with Crippen LogP contribution in [0, 0.1) is 22.0 Å². The SMILES string of the molecule is O=C1[C@@H]2[C@H](C(=O)N1c1cc([N+](=O)[O-])ccc1Cl)[C@H]1C=C[C@H]2O1. The summed E-state index contributed by atoms with van der Waals surface area (Å²) in [5.41, 5.74) is -0.172. The van der Waals surface area contributed by atoms with Gasteiger partial charge >= 0.3 is 0 Å². The van der Waals surface area contributed by atoms with Gasteiger partial charge in [-0.3, -0.25) is 19.7 Å². The number of ether oxygens (including phenoxy) is 1. The number of fused-ring (bicyclic) bond motifs is 5. The molecule has 0 aromatic heterocycles. The first kappa shape index (κ1) is 13.4. The van der Waals surface area contributed by atoms with Gasteiger partial charge in [0.1, 0.15) is 0 Å². The standard InChI is InChI=1S/C14H9ClN2O5/c15-7-2-1-6(17(20)21)5-8(7)16-13(18)11-9-3-4-10(22-9)12(11)14(16)19/h1-5,9-12H/t9-,10-,11-,12+/m1/s1. The maximum atomic E-state index is 12.6. The van der Waals surface area contributed by atoms with Crippen molar-refractivity contribution in [3.63, 3.8) is 0 Å². The van der Waals surface area contributed by atoms with Gasteiger partial charge < -0.3 is 4.74 Å². The molecule has 0 radical (unpaired) electrons. The molecular weight excluding hydrogens is 312 g/mol. The fraction of sp³-hybridized carbons (Fsp3) is 0.286. The van der Waals surface area contributed by atoms with Crippen LogP contribution < -0.4 is 4.90 Å². The van der Waals surface area contributed by atoms with Crippen molar-refractivity contribution >= 4 is 34.8 Å². The molecule has 22 heavy (non-hydrogen) atoms. The van der Waals surface area contributed by atoms with Crippen LogP contribution in [0.15, 0.2) is 30.4 Å². The molecule has 2 saturated heterocycles. The third kappa shape index (κ3) is 1.60. The lowest BCUT2D eigenvalue weighted by atomic mass is 9.85. The topological polar surface area (TPSA) is 89.8 Å². The van der Waals surface area contributed by atoms with Crippen molar-refractivity contribution in [2.45, 2.75) is 12.2 Å². The van der Waals surface area contributed by atoms with Crippen LogP contribution in [0.4, 0.5) is 11.4 Å². The minimum absolute atomic E-state index is 0.0552. The zero-order valence-electron chi connectivity index (χ0n) is 11.0. The minimum Gasteiger partial charge on any atom is -0.365 e. The summed E-state index contributed by atoms with van der Waals surface area (Å²) in [6, 6.07) is 3.69. The Kier molecular flexibility index (Phi) is 2.67. The average molecular weight is 321 g/mol. The molecule has 0 spiro atoms. The van der Waals surface area contributed by atoms with Crippen molar-refractivity contribution in [2.24, 2.45) is 11.8 Å². The van der Waals surface area contributed by atoms with Gasteiger partial charge in [-0.25, -0.2) is 4.90 Å². The Hall–Kier alpha value is -2.25. The number of nitrogens with zero attached hydrogens (tertiary/aromatic N) is 2. The summed E-state index contributed by atoms with van der Waals surface area (Å²) in [6.45, 7) is 0. The molecule has 2 amide bonds. The lowest BCUT2D eigenvalue weighted by molar-refractivity contribution is -0.384. The molecule has 2 bridgehead atoms. The van der Waals surface area contributed by atoms with Crippen LogP contribution in [0.1, 0.15) is 0 Å². The van der Waals surface area contributed by atoms with Gasteiger partial charge in [0.15, 0.2) is 0 Å². The van der Waals surface area contributed by atoms with Crippen LogP contribution in [0.5, 0.6) is 0 Å². The van der Waals surface area contributed by atoms with Gasteiger partial charge in [-0.05, 0) is 6.07 Å². The number of imide groups is 1. The Balaban J connectivity index is 1.79. The second-order valence-electron chi connectivity index (χ2n) is 5.41. The number of nitro benzene ring substituents is 1. The number of hydrogen-bond donors (Lipinski definition) is 0. The summed E-state index contributed by atoms with van der Waals surface area (Å²) in [7, 11) is 0. The maximum absolute atomic E-state index is 12.6. The first-order chi connectivity index (χ1) is 10.5. The number of carbonyl (C=O) groups is 2. The van der Waals surface area contributed by atoms with Gasteiger partial charge in [0.05, 0.1) is 39.7 Å². The van der Waals surface area contributed by atoms with Gasteiger partial charge in [-0.15, -0.1) is 0 Å². The molecule has 7 nitrogen and oxygen atoms in total. The number of halogens is 1. The largest absolute Gasteiger partial charge is 0.365 e. The first-order valence-corrected chi connectivity index (χ1v) is 7.02. The molecule has 0 N–H and O–H groups in total. The molecule has 1 aromatic carbocycles. The Labute approximate surface area is 129 Å². The molecule has 1 aromatic rings. The van der Waals surface area contributed by atoms with Crippen LogP contribution in [-0.2, 0) is 14.3 Å². The summed E-state index contributed by atoms with van der Waals surface area (Å²) in [5.74, 6) is -1.99. The van der Waals surface area contributed by atoms with E-state index in [2.05, 4.69) is 0 Å². The zero-order chi connectivity index (χ0) is 15.6. The third-order valence-corrected chi connectivity index (χ3v) is 4.61. The number of non-ortho nitro benzene ring substituents is 1. The highest BCUT2D eigenvalue weighted by molar-refractivity contribution is 6.36. The minimum atomic E-state index is -0.597. The van der Waals surface area contributed by atoms with Crippen molar-refractivity contribution in [3.8, 4) is 0 Å². The van der Waals surface area contributed by atoms with E-state index in [0.717, 1.165) is 11.0 Å². The van der Waals surface area contributed by atoms with Crippen molar-refractivity contribution in [1.82, 2.24) is 0 Å². The number of hydrogen-bond acceptors (Lipinski definition) is 5. The van der Waals surface area contributed by atoms with Crippen molar-refractivity contribution < 1.29 is 19.2 Å². The molecule has 0 unspecified atom stereocenters. The molecule has 2 fully saturated rings. The van der Waals surface area contributed by atoms with Gasteiger partial charge in [-0.2, -0.15) is 0 Å². The summed E-state index contributed by atoms with van der Waals surface area (Å²) in [4.78, 5) is 36.4. The summed E-state index contributed by atoms with van der Waals surface area (Å²) < 4.78 is 5.54. The Bertz CT molecular complexity index is 732. The predicted octanol–water partition coefficient (Wildman–Crippen LogP) is 1.69. The second kappa shape index (κ2) is 4.37. The Morgan fingerprint density at radius 3 is 2.27 bits per heavy atom. The first-order valence-electron chi connectivity index (χ1n) is 6.64. The summed E-state index contributed by atoms with van der Waals surface area (Å²) in [5, 5.41) is 11.0. The van der Waals surface area contributed by atoms with E-state index < -0.39 is 40.8 Å². The molecule has 3 aliphatic rings. The van der Waals surface area contributed by atoms with Crippen molar-refractivity contribution in [2.75, 3.05) is 4.90 Å². The molecule has 0 aliphatic carbocycles. The fourth-order valence-electron chi connectivity index (χ4n) is 3.33. The van der Waals surface area contributed by atoms with E-state index in [9.17, 15) is 19.7 Å². The van der Waals surface area contributed by atoms with Crippen LogP contribution in [-0.4, -0.2) is 28.9 Å². The fourth-order valence-corrected chi connectivity index (χ4v) is 3.53. The van der Waals surface area contributed by atoms with Gasteiger partial charge in [-0.1, -0.05) is 23.8 Å². The molecule has 3 heterocycles. The number of carbonyl (C=O) groups excluding carboxylic acids is 2. The number of benzene rings is 1. The third-order valence-electron chi connectivity index (χ3n) is 4.29. The Morgan fingerprint density at radius 1 is 1.14 bits per heavy atom. The van der Waals surface area contributed by atoms with E-state index in [0.29, 0.717) is 0 Å². The van der Waals surface area contributed by atoms with Crippen molar-refractivity contribution in [1.29, 1.82) is 0 Å². The molecule has 112 valence electrons. The highest BCUT2D eigenvalue weighted by atomic mass is 35.5. The van der Waals surface area contributed by atoms with Gasteiger partial charge in [0, 0.05) is 12.1 Å². The molecule has 0 saturated carbocycles. The number of rotatable bonds is 2. The normalized spacial score (nSPS) is 32.0. The molecule has 8 heteroatoms. The lowest BCUT2D eigenvalue weighted by Gasteiger charge is -2.18. The maximum Gasteiger partial charge on any atom is 0.271 e. The number of anilines is 1. The molecule has 3 aliphatic heterocycles. The second-order valence-corrected chi connectivity index (χ2v) is 5.81. The molecular formula is C14H9ClN2O5. The van der Waals surface area contributed by atoms with E-state index >= 15 is 0 Å². The van der Waals surface area contributed by atoms with Gasteiger partial charge in [0.25, 0.3) is 5.69 Å². The molecule has 4 rings (SSSR count). The highest BCUT2D eigenvalue weighted by Crippen LogP contribution is 2.47. The molecule has 4 atom stereocenters. The van der Waals surface area contributed by atoms with Crippen LogP contribution >= 0.6 is 11.6 Å². The van der Waals surface area contributed by atoms with Crippen molar-refractivity contribution in [3.05, 3.63) is 45.5 Å². The Morgan fingerprint density at radius 2 is 1.73 bits per heavy atom. The lowest BCUT2D eigenvalue weighted by Crippen LogP contribution is -2.34. The van der Waals surface area contributed by atoms with Gasteiger partial charge in [0.2, 0.25) is 11.8 Å². The number of amides is 2. The predicted molar refractivity (Wildman–Crippen MR) is 75.4 cm³/mol. The average Bonchev–Trinajstić information content (AvgIpc) is 3.14. The van der Waals surface area contributed by atoms with E-state index in [4.69, 9.17) is 16.3 Å². The van der Waals surface area contributed by atoms with Crippen LogP contribution in [0.2, 0.25) is 5.02 Å². The van der Waals surface area contributed by atoms with Crippen LogP contribution in [0.25, 0.3) is 0 Å². The smallest absolute Gasteiger partial charge is 0.271 e. The van der Waals surface area contributed by atoms with E-state index in [1.165, 1.54) is 12.1 Å². The van der Waals surface area contributed by atoms with E-state index in [1.54, 1.807) is 12.2 Å². The summed E-state index contributed by atoms with van der Waals surface area (Å²) in [6.07, 6.45) is 2.73. The van der Waals surface area contributed by atoms with Crippen LogP contribution in [0.3, 0.4) is 0 Å².